The summed E-state index contributed by atoms with van der Waals surface area (Å²) in [6.07, 6.45) is 9.35. The summed E-state index contributed by atoms with van der Waals surface area (Å²) in [5.74, 6) is 0.679. The van der Waals surface area contributed by atoms with Gasteiger partial charge in [-0.15, -0.1) is 11.3 Å². The van der Waals surface area contributed by atoms with Crippen LogP contribution in [0.1, 0.15) is 59.8 Å². The number of furan rings is 1. The third-order valence-corrected chi connectivity index (χ3v) is 6.90. The maximum atomic E-state index is 12.9. The van der Waals surface area contributed by atoms with Gasteiger partial charge in [0, 0.05) is 23.9 Å². The van der Waals surface area contributed by atoms with E-state index < -0.39 is 0 Å². The summed E-state index contributed by atoms with van der Waals surface area (Å²) < 4.78 is 5.00. The fourth-order valence-electron chi connectivity index (χ4n) is 4.36. The van der Waals surface area contributed by atoms with Crippen molar-refractivity contribution in [3.8, 4) is 0 Å². The van der Waals surface area contributed by atoms with Gasteiger partial charge in [-0.3, -0.25) is 9.59 Å². The van der Waals surface area contributed by atoms with Crippen molar-refractivity contribution >= 4 is 23.2 Å². The number of piperidine rings is 1. The van der Waals surface area contributed by atoms with Crippen molar-refractivity contribution in [2.45, 2.75) is 44.6 Å². The third kappa shape index (κ3) is 4.10. The fourth-order valence-corrected chi connectivity index (χ4v) is 5.23. The highest BCUT2D eigenvalue weighted by molar-refractivity contribution is 7.10. The number of nitrogens with zero attached hydrogens (tertiary/aromatic N) is 1. The van der Waals surface area contributed by atoms with Crippen LogP contribution in [0.25, 0.3) is 0 Å². The van der Waals surface area contributed by atoms with Gasteiger partial charge >= 0.3 is 0 Å². The van der Waals surface area contributed by atoms with E-state index in [9.17, 15) is 9.59 Å². The molecule has 1 aliphatic heterocycles. The number of likely N-dealkylation sites (tertiary alicyclic amines) is 1. The Kier molecular flexibility index (Phi) is 5.62. The van der Waals surface area contributed by atoms with E-state index in [0.717, 1.165) is 12.8 Å². The summed E-state index contributed by atoms with van der Waals surface area (Å²) in [4.78, 5) is 28.4. The SMILES string of the molecule is O=C(NC(c1cccs1)C1CCCC1)C1CCN(C(=O)c2ccoc2)CC1. The molecule has 2 aromatic heterocycles. The van der Waals surface area contributed by atoms with Crippen LogP contribution < -0.4 is 5.32 Å². The van der Waals surface area contributed by atoms with Crippen LogP contribution in [0.4, 0.5) is 0 Å². The molecule has 1 saturated carbocycles. The normalized spacial score (nSPS) is 19.9. The van der Waals surface area contributed by atoms with Crippen LogP contribution >= 0.6 is 11.3 Å². The highest BCUT2D eigenvalue weighted by Gasteiger charge is 2.33. The zero-order chi connectivity index (χ0) is 18.6. The Labute approximate surface area is 163 Å². The van der Waals surface area contributed by atoms with Crippen LogP contribution in [-0.4, -0.2) is 29.8 Å². The van der Waals surface area contributed by atoms with Crippen LogP contribution in [-0.2, 0) is 4.79 Å². The van der Waals surface area contributed by atoms with Crippen molar-refractivity contribution in [1.82, 2.24) is 10.2 Å². The van der Waals surface area contributed by atoms with Gasteiger partial charge in [0.05, 0.1) is 17.9 Å². The minimum absolute atomic E-state index is 0.00924. The number of nitrogens with one attached hydrogen (secondary N) is 1. The fraction of sp³-hybridized carbons (Fsp3) is 0.524. The number of rotatable bonds is 5. The molecule has 2 aliphatic rings. The van der Waals surface area contributed by atoms with Crippen LogP contribution in [0.3, 0.4) is 0 Å². The molecular weight excluding hydrogens is 360 g/mol. The van der Waals surface area contributed by atoms with Crippen molar-refractivity contribution in [3.05, 3.63) is 46.5 Å². The molecule has 1 atom stereocenters. The topological polar surface area (TPSA) is 62.6 Å². The van der Waals surface area contributed by atoms with Gasteiger partial charge in [-0.1, -0.05) is 18.9 Å². The van der Waals surface area contributed by atoms with Gasteiger partial charge in [0.25, 0.3) is 5.91 Å². The maximum absolute atomic E-state index is 12.9. The maximum Gasteiger partial charge on any atom is 0.257 e. The first-order valence-corrected chi connectivity index (χ1v) is 10.8. The molecule has 1 N–H and O–H groups in total. The zero-order valence-corrected chi connectivity index (χ0v) is 16.2. The van der Waals surface area contributed by atoms with E-state index >= 15 is 0 Å². The summed E-state index contributed by atoms with van der Waals surface area (Å²) in [7, 11) is 0. The lowest BCUT2D eigenvalue weighted by Gasteiger charge is -2.33. The molecule has 1 aliphatic carbocycles. The van der Waals surface area contributed by atoms with E-state index in [2.05, 4.69) is 22.8 Å². The first-order chi connectivity index (χ1) is 13.2. The molecule has 2 aromatic rings. The molecule has 0 bridgehead atoms. The quantitative estimate of drug-likeness (QED) is 0.836. The first kappa shape index (κ1) is 18.3. The van der Waals surface area contributed by atoms with Crippen LogP contribution in [0.15, 0.2) is 40.5 Å². The van der Waals surface area contributed by atoms with Gasteiger partial charge in [0.1, 0.15) is 6.26 Å². The van der Waals surface area contributed by atoms with E-state index in [0.29, 0.717) is 24.6 Å². The second-order valence-corrected chi connectivity index (χ2v) is 8.60. The van der Waals surface area contributed by atoms with E-state index in [-0.39, 0.29) is 23.8 Å². The summed E-state index contributed by atoms with van der Waals surface area (Å²) in [5, 5.41) is 5.44. The molecule has 4 rings (SSSR count). The van der Waals surface area contributed by atoms with Crippen molar-refractivity contribution in [2.75, 3.05) is 13.1 Å². The van der Waals surface area contributed by atoms with Crippen molar-refractivity contribution in [1.29, 1.82) is 0 Å². The molecular formula is C21H26N2O3S. The Morgan fingerprint density at radius 1 is 1.15 bits per heavy atom. The lowest BCUT2D eigenvalue weighted by Crippen LogP contribution is -2.44. The summed E-state index contributed by atoms with van der Waals surface area (Å²) >= 11 is 1.73. The largest absolute Gasteiger partial charge is 0.472 e. The van der Waals surface area contributed by atoms with E-state index in [1.54, 1.807) is 17.4 Å². The smallest absolute Gasteiger partial charge is 0.257 e. The molecule has 1 unspecified atom stereocenters. The Morgan fingerprint density at radius 3 is 2.56 bits per heavy atom. The highest BCUT2D eigenvalue weighted by Crippen LogP contribution is 2.37. The number of hydrogen-bond donors (Lipinski definition) is 1. The number of amides is 2. The van der Waals surface area contributed by atoms with E-state index in [1.165, 1.54) is 43.1 Å². The lowest BCUT2D eigenvalue weighted by atomic mass is 9.92. The lowest BCUT2D eigenvalue weighted by molar-refractivity contribution is -0.127. The van der Waals surface area contributed by atoms with Crippen molar-refractivity contribution in [2.24, 2.45) is 11.8 Å². The number of thiophene rings is 1. The molecule has 2 fully saturated rings. The van der Waals surface area contributed by atoms with E-state index in [4.69, 9.17) is 4.42 Å². The highest BCUT2D eigenvalue weighted by atomic mass is 32.1. The average Bonchev–Trinajstić information content (AvgIpc) is 3.48. The molecule has 0 aromatic carbocycles. The van der Waals surface area contributed by atoms with Gasteiger partial charge in [-0.25, -0.2) is 0 Å². The van der Waals surface area contributed by atoms with Gasteiger partial charge in [-0.2, -0.15) is 0 Å². The molecule has 144 valence electrons. The van der Waals surface area contributed by atoms with Crippen molar-refractivity contribution in [3.63, 3.8) is 0 Å². The molecule has 6 heteroatoms. The minimum atomic E-state index is -0.0118. The van der Waals surface area contributed by atoms with Gasteiger partial charge in [0.2, 0.25) is 5.91 Å². The van der Waals surface area contributed by atoms with Gasteiger partial charge in [-0.05, 0) is 49.1 Å². The molecule has 0 radical (unpaired) electrons. The predicted molar refractivity (Wildman–Crippen MR) is 104 cm³/mol. The average molecular weight is 387 g/mol. The third-order valence-electron chi connectivity index (χ3n) is 5.94. The van der Waals surface area contributed by atoms with Gasteiger partial charge in [0.15, 0.2) is 0 Å². The number of carbonyl (C=O) groups is 2. The summed E-state index contributed by atoms with van der Waals surface area (Å²) in [5.41, 5.74) is 0.580. The number of carbonyl (C=O) groups excluding carboxylic acids is 2. The summed E-state index contributed by atoms with van der Waals surface area (Å²) in [6.45, 7) is 1.24. The minimum Gasteiger partial charge on any atom is -0.472 e. The molecule has 5 nitrogen and oxygen atoms in total. The van der Waals surface area contributed by atoms with Crippen LogP contribution in [0.2, 0.25) is 0 Å². The Hall–Kier alpha value is -2.08. The molecule has 0 spiro atoms. The molecule has 27 heavy (non-hydrogen) atoms. The Bertz CT molecular complexity index is 743. The van der Waals surface area contributed by atoms with Gasteiger partial charge < -0.3 is 14.6 Å². The van der Waals surface area contributed by atoms with Crippen LogP contribution in [0, 0.1) is 11.8 Å². The zero-order valence-electron chi connectivity index (χ0n) is 15.4. The summed E-state index contributed by atoms with van der Waals surface area (Å²) in [6, 6.07) is 6.04. The second-order valence-electron chi connectivity index (χ2n) is 7.62. The first-order valence-electron chi connectivity index (χ1n) is 9.87. The standard InChI is InChI=1S/C21H26N2O3S/c24-20(22-19(15-4-1-2-5-15)18-6-3-13-27-18)16-7-10-23(11-8-16)21(25)17-9-12-26-14-17/h3,6,9,12-16,19H,1-2,4-5,7-8,10-11H2,(H,22,24). The molecule has 1 saturated heterocycles. The Balaban J connectivity index is 1.35. The molecule has 3 heterocycles. The second kappa shape index (κ2) is 8.30. The number of hydrogen-bond acceptors (Lipinski definition) is 4. The monoisotopic (exact) mass is 386 g/mol. The van der Waals surface area contributed by atoms with Crippen LogP contribution in [0.5, 0.6) is 0 Å². The van der Waals surface area contributed by atoms with Crippen molar-refractivity contribution < 1.29 is 14.0 Å². The Morgan fingerprint density at radius 2 is 1.93 bits per heavy atom. The van der Waals surface area contributed by atoms with E-state index in [1.807, 2.05) is 4.90 Å². The molecule has 2 amide bonds. The predicted octanol–water partition coefficient (Wildman–Crippen LogP) is 4.24.